The van der Waals surface area contributed by atoms with Gasteiger partial charge in [0.1, 0.15) is 0 Å². The Morgan fingerprint density at radius 3 is 2.37 bits per heavy atom. The van der Waals surface area contributed by atoms with Crippen molar-refractivity contribution < 1.29 is 4.79 Å². The summed E-state index contributed by atoms with van der Waals surface area (Å²) in [5, 5.41) is 13.1. The molecule has 0 aliphatic rings. The van der Waals surface area contributed by atoms with Gasteiger partial charge in [-0.3, -0.25) is 10.1 Å². The van der Waals surface area contributed by atoms with Crippen LogP contribution in [0.1, 0.15) is 27.9 Å². The molecule has 0 saturated heterocycles. The number of rotatable bonds is 7. The molecule has 2 N–H and O–H groups in total. The maximum atomic E-state index is 12.8. The van der Waals surface area contributed by atoms with E-state index in [-0.39, 0.29) is 18.5 Å². The van der Waals surface area contributed by atoms with Gasteiger partial charge >= 0.3 is 0 Å². The maximum absolute atomic E-state index is 12.8. The summed E-state index contributed by atoms with van der Waals surface area (Å²) in [4.78, 5) is 13.9. The smallest absolute Gasteiger partial charge is 0.238 e. The van der Waals surface area contributed by atoms with Gasteiger partial charge in [-0.2, -0.15) is 5.10 Å². The lowest BCUT2D eigenvalue weighted by molar-refractivity contribution is -0.115. The first-order valence-electron chi connectivity index (χ1n) is 9.86. The first-order chi connectivity index (χ1) is 14.6. The molecule has 30 heavy (non-hydrogen) atoms. The zero-order valence-corrected chi connectivity index (χ0v) is 17.8. The van der Waals surface area contributed by atoms with E-state index in [1.54, 1.807) is 11.3 Å². The largest absolute Gasteiger partial charge is 0.322 e. The number of nitrogens with one attached hydrogen (secondary N) is 2. The van der Waals surface area contributed by atoms with Crippen molar-refractivity contribution >= 4 is 22.9 Å². The van der Waals surface area contributed by atoms with Crippen LogP contribution in [0.25, 0.3) is 5.69 Å². The fourth-order valence-corrected chi connectivity index (χ4v) is 4.33. The van der Waals surface area contributed by atoms with E-state index in [0.29, 0.717) is 0 Å². The van der Waals surface area contributed by atoms with Crippen LogP contribution in [0.5, 0.6) is 0 Å². The van der Waals surface area contributed by atoms with Gasteiger partial charge in [0.15, 0.2) is 0 Å². The van der Waals surface area contributed by atoms with Crippen molar-refractivity contribution in [3.05, 3.63) is 100 Å². The van der Waals surface area contributed by atoms with Gasteiger partial charge in [0.2, 0.25) is 5.91 Å². The molecule has 0 aliphatic carbocycles. The fraction of sp³-hybridized carbons (Fsp3) is 0.167. The lowest BCUT2D eigenvalue weighted by atomic mass is 10.1. The second kappa shape index (κ2) is 9.07. The monoisotopic (exact) mass is 416 g/mol. The average Bonchev–Trinajstić information content (AvgIpc) is 3.40. The summed E-state index contributed by atoms with van der Waals surface area (Å²) in [6.45, 7) is 4.08. The van der Waals surface area contributed by atoms with Gasteiger partial charge in [0.25, 0.3) is 0 Å². The fourth-order valence-electron chi connectivity index (χ4n) is 3.51. The van der Waals surface area contributed by atoms with Crippen LogP contribution in [0.15, 0.2) is 78.2 Å². The van der Waals surface area contributed by atoms with Crippen LogP contribution < -0.4 is 10.6 Å². The number of thiophene rings is 1. The zero-order valence-electron chi connectivity index (χ0n) is 17.0. The van der Waals surface area contributed by atoms with E-state index in [9.17, 15) is 4.79 Å². The van der Waals surface area contributed by atoms with Crippen molar-refractivity contribution in [2.45, 2.75) is 19.9 Å². The summed E-state index contributed by atoms with van der Waals surface area (Å²) < 4.78 is 1.86. The number of carbonyl (C=O) groups excluding carboxylic acids is 1. The standard InChI is InChI=1S/C24H24N4OS/c1-17-23(18(2)28(27-17)20-12-7-4-8-13-20)26-22(29)16-25-24(21-14-9-15-30-21)19-10-5-3-6-11-19/h3-15,24-25H,16H2,1-2H3,(H,26,29). The number of carbonyl (C=O) groups is 1. The average molecular weight is 417 g/mol. The molecule has 0 spiro atoms. The van der Waals surface area contributed by atoms with E-state index in [1.807, 2.05) is 73.1 Å². The van der Waals surface area contributed by atoms with Crippen LogP contribution in [0.4, 0.5) is 5.69 Å². The van der Waals surface area contributed by atoms with Crippen LogP contribution in [-0.2, 0) is 4.79 Å². The number of nitrogens with zero attached hydrogens (tertiary/aromatic N) is 2. The normalized spacial score (nSPS) is 11.9. The number of amides is 1. The van der Waals surface area contributed by atoms with Crippen molar-refractivity contribution in [3.63, 3.8) is 0 Å². The molecule has 0 aliphatic heterocycles. The van der Waals surface area contributed by atoms with Gasteiger partial charge in [0.05, 0.1) is 35.3 Å². The Labute approximate surface area is 180 Å². The SMILES string of the molecule is Cc1nn(-c2ccccc2)c(C)c1NC(=O)CNC(c1ccccc1)c1cccs1. The Balaban J connectivity index is 1.48. The van der Waals surface area contributed by atoms with Gasteiger partial charge in [0, 0.05) is 4.88 Å². The topological polar surface area (TPSA) is 59.0 Å². The van der Waals surface area contributed by atoms with Gasteiger partial charge in [-0.15, -0.1) is 11.3 Å². The summed E-state index contributed by atoms with van der Waals surface area (Å²) in [5.41, 5.74) is 4.57. The number of aromatic nitrogens is 2. The maximum Gasteiger partial charge on any atom is 0.238 e. The predicted molar refractivity (Wildman–Crippen MR) is 122 cm³/mol. The van der Waals surface area contributed by atoms with E-state index >= 15 is 0 Å². The summed E-state index contributed by atoms with van der Waals surface area (Å²) >= 11 is 1.68. The van der Waals surface area contributed by atoms with Crippen LogP contribution in [0.2, 0.25) is 0 Å². The molecule has 0 bridgehead atoms. The molecule has 2 aromatic carbocycles. The molecule has 152 valence electrons. The third-order valence-corrected chi connectivity index (χ3v) is 5.92. The molecule has 2 aromatic heterocycles. The second-order valence-corrected chi connectivity index (χ2v) is 8.06. The molecule has 5 nitrogen and oxygen atoms in total. The van der Waals surface area contributed by atoms with Crippen molar-refractivity contribution in [2.75, 3.05) is 11.9 Å². The van der Waals surface area contributed by atoms with Gasteiger partial charge in [-0.1, -0.05) is 54.6 Å². The Morgan fingerprint density at radius 1 is 1.00 bits per heavy atom. The van der Waals surface area contributed by atoms with E-state index in [2.05, 4.69) is 39.3 Å². The molecule has 0 saturated carbocycles. The van der Waals surface area contributed by atoms with Gasteiger partial charge in [-0.25, -0.2) is 4.68 Å². The summed E-state index contributed by atoms with van der Waals surface area (Å²) in [6.07, 6.45) is 0. The highest BCUT2D eigenvalue weighted by molar-refractivity contribution is 7.10. The van der Waals surface area contributed by atoms with Crippen LogP contribution in [0.3, 0.4) is 0 Å². The quantitative estimate of drug-likeness (QED) is 0.452. The van der Waals surface area contributed by atoms with Crippen LogP contribution in [-0.4, -0.2) is 22.2 Å². The highest BCUT2D eigenvalue weighted by Crippen LogP contribution is 2.26. The molecule has 2 heterocycles. The van der Waals surface area contributed by atoms with Crippen molar-refractivity contribution in [1.82, 2.24) is 15.1 Å². The molecule has 4 rings (SSSR count). The van der Waals surface area contributed by atoms with E-state index in [1.165, 1.54) is 4.88 Å². The van der Waals surface area contributed by atoms with E-state index in [0.717, 1.165) is 28.3 Å². The number of benzene rings is 2. The minimum absolute atomic E-state index is 0.0221. The highest BCUT2D eigenvalue weighted by Gasteiger charge is 2.18. The summed E-state index contributed by atoms with van der Waals surface area (Å²) in [5.74, 6) is -0.0914. The molecular formula is C24H24N4OS. The van der Waals surface area contributed by atoms with Crippen LogP contribution >= 0.6 is 11.3 Å². The Bertz CT molecular complexity index is 1110. The van der Waals surface area contributed by atoms with Crippen molar-refractivity contribution in [2.24, 2.45) is 0 Å². The number of aryl methyl sites for hydroxylation is 1. The summed E-state index contributed by atoms with van der Waals surface area (Å²) in [6, 6.07) is 24.2. The number of anilines is 1. The first-order valence-corrected chi connectivity index (χ1v) is 10.7. The Morgan fingerprint density at radius 2 is 1.70 bits per heavy atom. The lowest BCUT2D eigenvalue weighted by Gasteiger charge is -2.18. The van der Waals surface area contributed by atoms with Crippen molar-refractivity contribution in [1.29, 1.82) is 0 Å². The Hall–Kier alpha value is -3.22. The van der Waals surface area contributed by atoms with Crippen molar-refractivity contribution in [3.8, 4) is 5.69 Å². The van der Waals surface area contributed by atoms with Gasteiger partial charge in [-0.05, 0) is 43.0 Å². The summed E-state index contributed by atoms with van der Waals surface area (Å²) in [7, 11) is 0. The molecular weight excluding hydrogens is 392 g/mol. The molecule has 1 amide bonds. The number of para-hydroxylation sites is 1. The predicted octanol–water partition coefficient (Wildman–Crippen LogP) is 4.87. The highest BCUT2D eigenvalue weighted by atomic mass is 32.1. The first kappa shape index (κ1) is 20.1. The minimum Gasteiger partial charge on any atom is -0.322 e. The third kappa shape index (κ3) is 4.35. The van der Waals surface area contributed by atoms with Crippen LogP contribution in [0, 0.1) is 13.8 Å². The molecule has 6 heteroatoms. The minimum atomic E-state index is -0.0914. The molecule has 1 atom stereocenters. The second-order valence-electron chi connectivity index (χ2n) is 7.08. The molecule has 0 fully saturated rings. The zero-order chi connectivity index (χ0) is 20.9. The molecule has 1 unspecified atom stereocenters. The van der Waals surface area contributed by atoms with E-state index < -0.39 is 0 Å². The van der Waals surface area contributed by atoms with E-state index in [4.69, 9.17) is 0 Å². The molecule has 0 radical (unpaired) electrons. The number of hydrogen-bond acceptors (Lipinski definition) is 4. The third-order valence-electron chi connectivity index (χ3n) is 4.98. The Kier molecular flexibility index (Phi) is 6.07. The lowest BCUT2D eigenvalue weighted by Crippen LogP contribution is -2.31. The number of hydrogen-bond donors (Lipinski definition) is 2. The molecule has 4 aromatic rings. The van der Waals surface area contributed by atoms with Gasteiger partial charge < -0.3 is 5.32 Å².